The summed E-state index contributed by atoms with van der Waals surface area (Å²) < 4.78 is 9.39. The third-order valence-electron chi connectivity index (χ3n) is 1.34. The monoisotopic (exact) mass is 198 g/mol. The Balaban J connectivity index is 1.96. The van der Waals surface area contributed by atoms with Gasteiger partial charge < -0.3 is 9.47 Å². The first kappa shape index (κ1) is 8.31. The molecule has 0 aliphatic carbocycles. The second kappa shape index (κ2) is 3.61. The van der Waals surface area contributed by atoms with Gasteiger partial charge in [0.15, 0.2) is 10.6 Å². The molecule has 5 nitrogen and oxygen atoms in total. The first-order valence-electron chi connectivity index (χ1n) is 3.62. The second-order valence-corrected chi connectivity index (χ2v) is 3.38. The molecule has 1 aliphatic rings. The predicted octanol–water partition coefficient (Wildman–Crippen LogP) is 1.06. The van der Waals surface area contributed by atoms with Gasteiger partial charge in [0.2, 0.25) is 0 Å². The summed E-state index contributed by atoms with van der Waals surface area (Å²) in [5.41, 5.74) is -0.324. The number of ether oxygens (including phenoxy) is 2. The molecule has 0 saturated carbocycles. The molecule has 0 N–H and O–H groups in total. The fourth-order valence-electron chi connectivity index (χ4n) is 0.833. The summed E-state index contributed by atoms with van der Waals surface area (Å²) in [6, 6.07) is 1.72. The molecule has 68 valence electrons. The maximum Gasteiger partial charge on any atom is 0.509 e. The Morgan fingerprint density at radius 2 is 2.23 bits per heavy atom. The van der Waals surface area contributed by atoms with Gasteiger partial charge in [-0.3, -0.25) is 0 Å². The maximum atomic E-state index is 10.5. The number of aromatic nitrogens is 2. The van der Waals surface area contributed by atoms with Crippen LogP contribution in [0.15, 0.2) is 23.6 Å². The van der Waals surface area contributed by atoms with Gasteiger partial charge in [-0.15, -0.1) is 0 Å². The number of hydrogen-bond acceptors (Lipinski definition) is 6. The van der Waals surface area contributed by atoms with E-state index in [9.17, 15) is 4.79 Å². The van der Waals surface area contributed by atoms with E-state index in [0.29, 0.717) is 5.16 Å². The lowest BCUT2D eigenvalue weighted by Crippen LogP contribution is -2.04. The van der Waals surface area contributed by atoms with Gasteiger partial charge in [-0.2, -0.15) is 0 Å². The summed E-state index contributed by atoms with van der Waals surface area (Å²) >= 11 is 1.26. The molecular formula is C7H6N2O3S. The quantitative estimate of drug-likeness (QED) is 0.523. The highest BCUT2D eigenvalue weighted by Gasteiger charge is 2.26. The van der Waals surface area contributed by atoms with E-state index in [4.69, 9.17) is 4.74 Å². The fourth-order valence-corrected chi connectivity index (χ4v) is 1.57. The lowest BCUT2D eigenvalue weighted by atomic mass is 10.7. The first-order valence-corrected chi connectivity index (χ1v) is 4.49. The van der Waals surface area contributed by atoms with E-state index < -0.39 is 6.16 Å². The topological polar surface area (TPSA) is 61.3 Å². The van der Waals surface area contributed by atoms with Crippen molar-refractivity contribution in [1.82, 2.24) is 9.97 Å². The van der Waals surface area contributed by atoms with Gasteiger partial charge in [0.1, 0.15) is 6.61 Å². The van der Waals surface area contributed by atoms with Gasteiger partial charge in [-0.1, -0.05) is 0 Å². The molecule has 1 unspecified atom stereocenters. The van der Waals surface area contributed by atoms with Crippen LogP contribution >= 0.6 is 11.8 Å². The third-order valence-corrected chi connectivity index (χ3v) is 2.26. The van der Waals surface area contributed by atoms with E-state index in [1.54, 1.807) is 18.5 Å². The zero-order chi connectivity index (χ0) is 9.10. The van der Waals surface area contributed by atoms with E-state index in [1.165, 1.54) is 11.8 Å². The van der Waals surface area contributed by atoms with E-state index in [2.05, 4.69) is 14.7 Å². The van der Waals surface area contributed by atoms with Crippen molar-refractivity contribution in [3.05, 3.63) is 18.5 Å². The largest absolute Gasteiger partial charge is 0.509 e. The summed E-state index contributed by atoms with van der Waals surface area (Å²) in [4.78, 5) is 18.5. The van der Waals surface area contributed by atoms with Crippen molar-refractivity contribution in [3.8, 4) is 0 Å². The minimum atomic E-state index is -0.631. The summed E-state index contributed by atoms with van der Waals surface area (Å²) in [6.45, 7) is 0.252. The van der Waals surface area contributed by atoms with Crippen LogP contribution in [-0.4, -0.2) is 28.2 Å². The molecular weight excluding hydrogens is 192 g/mol. The highest BCUT2D eigenvalue weighted by molar-refractivity contribution is 7.99. The number of cyclic esters (lactones) is 2. The minimum Gasteiger partial charge on any atom is -0.429 e. The lowest BCUT2D eigenvalue weighted by Gasteiger charge is -2.02. The minimum absolute atomic E-state index is 0.252. The molecule has 1 aromatic heterocycles. The van der Waals surface area contributed by atoms with Gasteiger partial charge in [0, 0.05) is 12.4 Å². The van der Waals surface area contributed by atoms with E-state index in [0.717, 1.165) is 0 Å². The molecule has 1 saturated heterocycles. The number of rotatable bonds is 2. The Kier molecular flexibility index (Phi) is 2.31. The molecule has 1 fully saturated rings. The Labute approximate surface area is 78.5 Å². The van der Waals surface area contributed by atoms with Crippen LogP contribution < -0.4 is 0 Å². The van der Waals surface area contributed by atoms with Crippen molar-refractivity contribution in [3.63, 3.8) is 0 Å². The molecule has 0 amide bonds. The van der Waals surface area contributed by atoms with Crippen molar-refractivity contribution in [1.29, 1.82) is 0 Å². The van der Waals surface area contributed by atoms with E-state index in [-0.39, 0.29) is 12.0 Å². The van der Waals surface area contributed by atoms with Crippen LogP contribution in [0.2, 0.25) is 0 Å². The fraction of sp³-hybridized carbons (Fsp3) is 0.286. The van der Waals surface area contributed by atoms with Crippen LogP contribution in [0.25, 0.3) is 0 Å². The molecule has 13 heavy (non-hydrogen) atoms. The normalized spacial score (nSPS) is 20.9. The number of carbonyl (C=O) groups is 1. The zero-order valence-corrected chi connectivity index (χ0v) is 7.36. The Morgan fingerprint density at radius 3 is 2.85 bits per heavy atom. The highest BCUT2D eigenvalue weighted by Crippen LogP contribution is 2.23. The standard InChI is InChI=1S/C7H6N2O3S/c10-7-11-4-5(12-7)13-6-8-2-1-3-9-6/h1-3,5H,4H2. The predicted molar refractivity (Wildman–Crippen MR) is 44.1 cm³/mol. The molecule has 2 heterocycles. The molecule has 0 spiro atoms. The van der Waals surface area contributed by atoms with Crippen molar-refractivity contribution < 1.29 is 14.3 Å². The lowest BCUT2D eigenvalue weighted by molar-refractivity contribution is 0.129. The van der Waals surface area contributed by atoms with E-state index >= 15 is 0 Å². The average Bonchev–Trinajstić information content (AvgIpc) is 2.53. The molecule has 1 aromatic rings. The molecule has 1 aliphatic heterocycles. The van der Waals surface area contributed by atoms with Gasteiger partial charge >= 0.3 is 6.16 Å². The van der Waals surface area contributed by atoms with Crippen molar-refractivity contribution in [2.24, 2.45) is 0 Å². The zero-order valence-electron chi connectivity index (χ0n) is 6.54. The van der Waals surface area contributed by atoms with Gasteiger partial charge in [0.05, 0.1) is 0 Å². The number of carbonyl (C=O) groups excluding carboxylic acids is 1. The maximum absolute atomic E-state index is 10.5. The highest BCUT2D eigenvalue weighted by atomic mass is 32.2. The van der Waals surface area contributed by atoms with Crippen LogP contribution in [0, 0.1) is 0 Å². The Morgan fingerprint density at radius 1 is 1.46 bits per heavy atom. The summed E-state index contributed by atoms with van der Waals surface area (Å²) in [6.07, 6.45) is 2.63. The van der Waals surface area contributed by atoms with Crippen LogP contribution in [0.5, 0.6) is 0 Å². The van der Waals surface area contributed by atoms with E-state index in [1.807, 2.05) is 0 Å². The SMILES string of the molecule is O=C1OCC(Sc2ncccn2)O1. The molecule has 0 aromatic carbocycles. The van der Waals surface area contributed by atoms with Gasteiger partial charge in [0.25, 0.3) is 0 Å². The third kappa shape index (κ3) is 2.09. The second-order valence-electron chi connectivity index (χ2n) is 2.26. The van der Waals surface area contributed by atoms with Crippen LogP contribution in [-0.2, 0) is 9.47 Å². The average molecular weight is 198 g/mol. The van der Waals surface area contributed by atoms with Crippen molar-refractivity contribution >= 4 is 17.9 Å². The molecule has 0 radical (unpaired) electrons. The smallest absolute Gasteiger partial charge is 0.429 e. The van der Waals surface area contributed by atoms with Crippen molar-refractivity contribution in [2.75, 3.05) is 6.61 Å². The molecule has 2 rings (SSSR count). The van der Waals surface area contributed by atoms with Crippen molar-refractivity contribution in [2.45, 2.75) is 10.6 Å². The molecule has 0 bridgehead atoms. The number of thioether (sulfide) groups is 1. The van der Waals surface area contributed by atoms with Crippen LogP contribution in [0.1, 0.15) is 0 Å². The van der Waals surface area contributed by atoms with Gasteiger partial charge in [-0.05, 0) is 17.8 Å². The Hall–Kier alpha value is -1.30. The summed E-state index contributed by atoms with van der Waals surface area (Å²) in [7, 11) is 0. The van der Waals surface area contributed by atoms with Crippen LogP contribution in [0.4, 0.5) is 4.79 Å². The summed E-state index contributed by atoms with van der Waals surface area (Å²) in [5, 5.41) is 0.575. The summed E-state index contributed by atoms with van der Waals surface area (Å²) in [5.74, 6) is 0. The molecule has 6 heteroatoms. The first-order chi connectivity index (χ1) is 6.34. The Bertz CT molecular complexity index is 306. The number of nitrogens with zero attached hydrogens (tertiary/aromatic N) is 2. The number of hydrogen-bond donors (Lipinski definition) is 0. The van der Waals surface area contributed by atoms with Gasteiger partial charge in [-0.25, -0.2) is 14.8 Å². The van der Waals surface area contributed by atoms with Crippen LogP contribution in [0.3, 0.4) is 0 Å². The molecule has 1 atom stereocenters.